The minimum absolute atomic E-state index is 0.179. The molecule has 2 heterocycles. The maximum atomic E-state index is 12.1. The number of benzene rings is 2. The van der Waals surface area contributed by atoms with Crippen molar-refractivity contribution >= 4 is 29.5 Å². The summed E-state index contributed by atoms with van der Waals surface area (Å²) in [6.45, 7) is 10.8. The van der Waals surface area contributed by atoms with Crippen LogP contribution < -0.4 is 10.2 Å². The molecule has 5 rings (SSSR count). The molecule has 37 heavy (non-hydrogen) atoms. The average molecular weight is 504 g/mol. The Labute approximate surface area is 219 Å². The molecule has 196 valence electrons. The van der Waals surface area contributed by atoms with Crippen molar-refractivity contribution in [2.24, 2.45) is 0 Å². The lowest BCUT2D eigenvalue weighted by atomic mass is 9.78. The molecule has 7 nitrogen and oxygen atoms in total. The molecular weight excluding hydrogens is 467 g/mol. The summed E-state index contributed by atoms with van der Waals surface area (Å²) >= 11 is 0. The van der Waals surface area contributed by atoms with Crippen molar-refractivity contribution in [1.82, 2.24) is 9.78 Å². The van der Waals surface area contributed by atoms with Gasteiger partial charge in [0.2, 0.25) is 0 Å². The first-order valence-electron chi connectivity index (χ1n) is 13.4. The Morgan fingerprint density at radius 1 is 1.08 bits per heavy atom. The fraction of sp³-hybridized carbons (Fsp3) is 0.517. The van der Waals surface area contributed by atoms with Gasteiger partial charge in [-0.3, -0.25) is 9.48 Å². The van der Waals surface area contributed by atoms with Crippen LogP contribution in [0.25, 0.3) is 10.9 Å². The first kappa shape index (κ1) is 25.8. The molecule has 0 atom stereocenters. The zero-order chi connectivity index (χ0) is 26.2. The summed E-state index contributed by atoms with van der Waals surface area (Å²) in [5, 5.41) is 6.05. The van der Waals surface area contributed by atoms with Gasteiger partial charge in [0.1, 0.15) is 12.4 Å². The highest BCUT2D eigenvalue weighted by Gasteiger charge is 2.51. The lowest BCUT2D eigenvalue weighted by molar-refractivity contribution is -0.142. The van der Waals surface area contributed by atoms with Gasteiger partial charge in [-0.2, -0.15) is 5.10 Å². The van der Waals surface area contributed by atoms with Gasteiger partial charge >= 0.3 is 13.1 Å². The summed E-state index contributed by atoms with van der Waals surface area (Å²) in [5.74, 6) is 0.428. The van der Waals surface area contributed by atoms with Crippen molar-refractivity contribution < 1.29 is 23.6 Å². The van der Waals surface area contributed by atoms with E-state index >= 15 is 0 Å². The van der Waals surface area contributed by atoms with Gasteiger partial charge in [0, 0.05) is 10.9 Å². The third-order valence-electron chi connectivity index (χ3n) is 8.00. The van der Waals surface area contributed by atoms with Crippen LogP contribution in [0.5, 0.6) is 5.75 Å². The summed E-state index contributed by atoms with van der Waals surface area (Å²) < 4.78 is 26.3. The maximum Gasteiger partial charge on any atom is 0.494 e. The number of esters is 1. The van der Waals surface area contributed by atoms with Gasteiger partial charge in [-0.1, -0.05) is 43.2 Å². The number of carbonyl (C=O) groups is 1. The number of rotatable bonds is 8. The van der Waals surface area contributed by atoms with Crippen molar-refractivity contribution in [3.8, 4) is 5.75 Å². The molecule has 0 bridgehead atoms. The van der Waals surface area contributed by atoms with Gasteiger partial charge in [-0.05, 0) is 65.1 Å². The van der Waals surface area contributed by atoms with Crippen LogP contribution in [0.3, 0.4) is 0 Å². The number of aromatic nitrogens is 2. The number of nitrogens with zero attached hydrogens (tertiary/aromatic N) is 2. The molecule has 3 aromatic rings. The largest absolute Gasteiger partial charge is 0.494 e. The Kier molecular flexibility index (Phi) is 7.07. The minimum Gasteiger partial charge on any atom is -0.487 e. The van der Waals surface area contributed by atoms with Crippen LogP contribution in [0.2, 0.25) is 0 Å². The normalized spacial score (nSPS) is 19.0. The Hall–Kier alpha value is -2.84. The van der Waals surface area contributed by atoms with Gasteiger partial charge in [-0.25, -0.2) is 0 Å². The van der Waals surface area contributed by atoms with Crippen LogP contribution >= 0.6 is 0 Å². The molecule has 0 amide bonds. The van der Waals surface area contributed by atoms with E-state index in [2.05, 4.69) is 50.6 Å². The molecule has 0 radical (unpaired) electrons. The van der Waals surface area contributed by atoms with Crippen molar-refractivity contribution in [3.63, 3.8) is 0 Å². The number of carbonyl (C=O) groups excluding carboxylic acids is 1. The smallest absolute Gasteiger partial charge is 0.487 e. The molecule has 0 spiro atoms. The summed E-state index contributed by atoms with van der Waals surface area (Å²) in [4.78, 5) is 12.1. The molecule has 2 aromatic carbocycles. The van der Waals surface area contributed by atoms with Crippen LogP contribution in [-0.4, -0.2) is 40.7 Å². The molecule has 2 aliphatic rings. The van der Waals surface area contributed by atoms with E-state index in [1.165, 1.54) is 12.8 Å². The fourth-order valence-electron chi connectivity index (χ4n) is 5.20. The second kappa shape index (κ2) is 10.1. The van der Waals surface area contributed by atoms with E-state index in [1.807, 2.05) is 31.2 Å². The van der Waals surface area contributed by atoms with Crippen molar-refractivity contribution in [3.05, 3.63) is 53.7 Å². The lowest BCUT2D eigenvalue weighted by Gasteiger charge is -2.32. The van der Waals surface area contributed by atoms with E-state index in [9.17, 15) is 4.79 Å². The van der Waals surface area contributed by atoms with Gasteiger partial charge in [0.05, 0.1) is 41.5 Å². The third kappa shape index (κ3) is 5.14. The van der Waals surface area contributed by atoms with Crippen molar-refractivity contribution in [1.29, 1.82) is 0 Å². The predicted molar refractivity (Wildman–Crippen MR) is 144 cm³/mol. The first-order chi connectivity index (χ1) is 17.7. The van der Waals surface area contributed by atoms with Gasteiger partial charge in [0.25, 0.3) is 0 Å². The van der Waals surface area contributed by atoms with Crippen molar-refractivity contribution in [2.45, 2.75) is 90.6 Å². The van der Waals surface area contributed by atoms with Gasteiger partial charge in [0.15, 0.2) is 0 Å². The van der Waals surface area contributed by atoms with E-state index in [0.29, 0.717) is 25.0 Å². The molecule has 0 unspecified atom stereocenters. The minimum atomic E-state index is -0.441. The molecule has 1 aromatic heterocycles. The Balaban J connectivity index is 1.47. The second-order valence-corrected chi connectivity index (χ2v) is 11.1. The van der Waals surface area contributed by atoms with Crippen LogP contribution in [0.15, 0.2) is 42.5 Å². The molecule has 1 aliphatic heterocycles. The summed E-state index contributed by atoms with van der Waals surface area (Å²) in [6.07, 6.45) is 4.83. The van der Waals surface area contributed by atoms with E-state index in [-0.39, 0.29) is 12.4 Å². The number of hydrogen-bond acceptors (Lipinski definition) is 6. The molecule has 8 heteroatoms. The maximum absolute atomic E-state index is 12.1. The zero-order valence-corrected chi connectivity index (χ0v) is 22.6. The highest BCUT2D eigenvalue weighted by molar-refractivity contribution is 6.62. The van der Waals surface area contributed by atoms with Crippen LogP contribution in [0, 0.1) is 0 Å². The number of para-hydroxylation sites is 1. The number of ether oxygens (including phenoxy) is 2. The average Bonchev–Trinajstić information content (AvgIpc) is 3.55. The topological polar surface area (TPSA) is 71.8 Å². The highest BCUT2D eigenvalue weighted by Crippen LogP contribution is 2.37. The fourth-order valence-corrected chi connectivity index (χ4v) is 5.20. The number of hydrogen-bond donors (Lipinski definition) is 0. The highest BCUT2D eigenvalue weighted by atomic mass is 16.7. The van der Waals surface area contributed by atoms with Crippen molar-refractivity contribution in [2.75, 3.05) is 6.61 Å². The predicted octanol–water partition coefficient (Wildman–Crippen LogP) is 5.14. The van der Waals surface area contributed by atoms with E-state index < -0.39 is 18.3 Å². The summed E-state index contributed by atoms with van der Waals surface area (Å²) in [7, 11) is -0.441. The summed E-state index contributed by atoms with van der Waals surface area (Å²) in [6, 6.07) is 14.3. The van der Waals surface area contributed by atoms with Gasteiger partial charge in [-0.15, -0.1) is 0 Å². The van der Waals surface area contributed by atoms with E-state index in [0.717, 1.165) is 40.5 Å². The quantitative estimate of drug-likeness (QED) is 0.313. The lowest BCUT2D eigenvalue weighted by Crippen LogP contribution is -2.41. The molecule has 1 aliphatic carbocycles. The monoisotopic (exact) mass is 504 g/mol. The second-order valence-electron chi connectivity index (χ2n) is 11.1. The Morgan fingerprint density at radius 3 is 2.49 bits per heavy atom. The Bertz CT molecular complexity index is 1260. The zero-order valence-electron chi connectivity index (χ0n) is 22.6. The molecule has 0 N–H and O–H groups in total. The standard InChI is InChI=1S/C29H37BN2O5/c1-6-34-27(33)17-20-11-7-10-14-26(20)35-19-25-23-18-21(30-36-28(2,3)29(4,5)37-30)15-16-24(23)31-32(25)22-12-8-9-13-22/h7,10-11,14-16,18,22H,6,8-9,12-13,17,19H2,1-5H3. The summed E-state index contributed by atoms with van der Waals surface area (Å²) in [5.41, 5.74) is 2.94. The number of fused-ring (bicyclic) bond motifs is 1. The van der Waals surface area contributed by atoms with Crippen LogP contribution in [-0.2, 0) is 31.9 Å². The SMILES string of the molecule is CCOC(=O)Cc1ccccc1OCc1c2cc(B3OC(C)(C)C(C)(C)O3)ccc2nn1C1CCCC1. The molecule has 1 saturated carbocycles. The van der Waals surface area contributed by atoms with E-state index in [4.69, 9.17) is 23.9 Å². The molecular formula is C29H37BN2O5. The Morgan fingerprint density at radius 2 is 1.78 bits per heavy atom. The van der Waals surface area contributed by atoms with E-state index in [1.54, 1.807) is 0 Å². The molecule has 2 fully saturated rings. The van der Waals surface area contributed by atoms with Crippen LogP contribution in [0.4, 0.5) is 0 Å². The molecule has 1 saturated heterocycles. The first-order valence-corrected chi connectivity index (χ1v) is 13.4. The van der Waals surface area contributed by atoms with Gasteiger partial charge < -0.3 is 18.8 Å². The third-order valence-corrected chi connectivity index (χ3v) is 8.00. The van der Waals surface area contributed by atoms with Crippen LogP contribution in [0.1, 0.15) is 77.6 Å².